The van der Waals surface area contributed by atoms with Gasteiger partial charge in [0.15, 0.2) is 6.04 Å². The van der Waals surface area contributed by atoms with Crippen LogP contribution in [0, 0.1) is 0 Å². The second kappa shape index (κ2) is 3.55. The molecule has 1 heterocycles. The maximum absolute atomic E-state index is 10.9. The van der Waals surface area contributed by atoms with Crippen LogP contribution >= 0.6 is 11.9 Å². The van der Waals surface area contributed by atoms with Crippen LogP contribution in [0.1, 0.15) is 6.92 Å². The van der Waals surface area contributed by atoms with Crippen molar-refractivity contribution in [3.05, 3.63) is 0 Å². The Hall–Kier alpha value is -0.580. The van der Waals surface area contributed by atoms with Crippen molar-refractivity contribution in [3.8, 4) is 0 Å². The van der Waals surface area contributed by atoms with Gasteiger partial charge in [0.25, 0.3) is 0 Å². The average molecular weight is 160 g/mol. The maximum atomic E-state index is 10.9. The van der Waals surface area contributed by atoms with Crippen molar-refractivity contribution in [1.29, 1.82) is 0 Å². The minimum Gasteiger partial charge on any atom is -0.464 e. The van der Waals surface area contributed by atoms with E-state index >= 15 is 0 Å². The van der Waals surface area contributed by atoms with E-state index in [-0.39, 0.29) is 12.0 Å². The summed E-state index contributed by atoms with van der Waals surface area (Å²) in [6.07, 6.45) is 0. The van der Waals surface area contributed by atoms with Gasteiger partial charge in [0, 0.05) is 11.9 Å². The molecule has 1 unspecified atom stereocenters. The van der Waals surface area contributed by atoms with Gasteiger partial charge < -0.3 is 4.74 Å². The molecule has 0 aromatic rings. The lowest BCUT2D eigenvalue weighted by atomic mass is 10.4. The summed E-state index contributed by atoms with van der Waals surface area (Å²) >= 11 is 1.29. The van der Waals surface area contributed by atoms with Gasteiger partial charge >= 0.3 is 5.97 Å². The molecule has 0 spiro atoms. The molecule has 0 radical (unpaired) electrons. The molecular formula is C5H8N2O2S. The second-order valence-corrected chi connectivity index (χ2v) is 2.52. The van der Waals surface area contributed by atoms with Gasteiger partial charge in [-0.25, -0.2) is 4.79 Å². The highest BCUT2D eigenvalue weighted by Crippen LogP contribution is 2.17. The number of carbonyl (C=O) groups excluding carboxylic acids is 1. The van der Waals surface area contributed by atoms with Gasteiger partial charge in [-0.2, -0.15) is 5.11 Å². The number of hydrogen-bond donors (Lipinski definition) is 0. The van der Waals surface area contributed by atoms with Crippen LogP contribution in [0.3, 0.4) is 0 Å². The van der Waals surface area contributed by atoms with E-state index in [1.807, 2.05) is 0 Å². The van der Waals surface area contributed by atoms with Gasteiger partial charge in [-0.1, -0.05) is 0 Å². The van der Waals surface area contributed by atoms with Crippen molar-refractivity contribution in [2.24, 2.45) is 9.63 Å². The van der Waals surface area contributed by atoms with Crippen molar-refractivity contribution < 1.29 is 9.53 Å². The molecule has 0 bridgehead atoms. The molecular weight excluding hydrogens is 152 g/mol. The average Bonchev–Trinajstić information content (AvgIpc) is 2.38. The van der Waals surface area contributed by atoms with E-state index in [2.05, 4.69) is 9.63 Å². The normalized spacial score (nSPS) is 23.1. The number of nitrogens with zero attached hydrogens (tertiary/aromatic N) is 2. The number of carbonyl (C=O) groups is 1. The molecule has 4 nitrogen and oxygen atoms in total. The summed E-state index contributed by atoms with van der Waals surface area (Å²) in [6, 6.07) is -0.357. The van der Waals surface area contributed by atoms with Crippen LogP contribution < -0.4 is 0 Å². The Bertz CT molecular complexity index is 160. The van der Waals surface area contributed by atoms with Crippen molar-refractivity contribution in [2.45, 2.75) is 13.0 Å². The predicted octanol–water partition coefficient (Wildman–Crippen LogP) is 1.03. The van der Waals surface area contributed by atoms with E-state index in [9.17, 15) is 4.79 Å². The first-order chi connectivity index (χ1) is 4.84. The van der Waals surface area contributed by atoms with Gasteiger partial charge in [-0.05, 0) is 6.92 Å². The zero-order valence-electron chi connectivity index (χ0n) is 5.61. The van der Waals surface area contributed by atoms with Gasteiger partial charge in [-0.3, -0.25) is 0 Å². The molecule has 0 N–H and O–H groups in total. The first-order valence-electron chi connectivity index (χ1n) is 3.03. The predicted molar refractivity (Wildman–Crippen MR) is 37.7 cm³/mol. The summed E-state index contributed by atoms with van der Waals surface area (Å²) in [4.78, 5) is 10.9. The number of esters is 1. The van der Waals surface area contributed by atoms with Gasteiger partial charge in [0.05, 0.1) is 12.4 Å². The molecule has 0 fully saturated rings. The third-order valence-corrected chi connectivity index (χ3v) is 1.71. The van der Waals surface area contributed by atoms with E-state index in [0.29, 0.717) is 12.4 Å². The van der Waals surface area contributed by atoms with Gasteiger partial charge in [0.1, 0.15) is 0 Å². The van der Waals surface area contributed by atoms with Crippen molar-refractivity contribution >= 4 is 17.9 Å². The van der Waals surface area contributed by atoms with Crippen LogP contribution in [0.25, 0.3) is 0 Å². The van der Waals surface area contributed by atoms with Crippen LogP contribution in [0.4, 0.5) is 0 Å². The number of ether oxygens (including phenoxy) is 1. The molecule has 56 valence electrons. The molecule has 0 aliphatic carbocycles. The zero-order valence-corrected chi connectivity index (χ0v) is 6.43. The van der Waals surface area contributed by atoms with Crippen LogP contribution in [0.2, 0.25) is 0 Å². The Balaban J connectivity index is 2.33. The van der Waals surface area contributed by atoms with E-state index in [0.717, 1.165) is 0 Å². The third-order valence-electron chi connectivity index (χ3n) is 1.04. The molecule has 1 atom stereocenters. The van der Waals surface area contributed by atoms with Crippen LogP contribution in [-0.2, 0) is 9.53 Å². The van der Waals surface area contributed by atoms with E-state index in [1.54, 1.807) is 6.92 Å². The lowest BCUT2D eigenvalue weighted by Gasteiger charge is -2.01. The summed E-state index contributed by atoms with van der Waals surface area (Å²) < 4.78 is 8.33. The fraction of sp³-hybridized carbons (Fsp3) is 0.800. The number of rotatable bonds is 2. The molecule has 1 aliphatic heterocycles. The number of hydrogen-bond acceptors (Lipinski definition) is 5. The summed E-state index contributed by atoms with van der Waals surface area (Å²) in [5.74, 6) is 0.356. The first-order valence-corrected chi connectivity index (χ1v) is 3.97. The molecule has 5 heteroatoms. The van der Waals surface area contributed by atoms with Gasteiger partial charge in [-0.15, -0.1) is 4.52 Å². The Morgan fingerprint density at radius 3 is 3.20 bits per heavy atom. The van der Waals surface area contributed by atoms with E-state index < -0.39 is 0 Å². The van der Waals surface area contributed by atoms with Gasteiger partial charge in [0.2, 0.25) is 0 Å². The zero-order chi connectivity index (χ0) is 7.40. The van der Waals surface area contributed by atoms with Crippen LogP contribution in [-0.4, -0.2) is 24.4 Å². The molecule has 0 aromatic heterocycles. The Morgan fingerprint density at radius 1 is 1.90 bits per heavy atom. The summed E-state index contributed by atoms with van der Waals surface area (Å²) in [5, 5.41) is 3.67. The topological polar surface area (TPSA) is 51.0 Å². The minimum atomic E-state index is -0.357. The maximum Gasteiger partial charge on any atom is 0.333 e. The van der Waals surface area contributed by atoms with Crippen LogP contribution in [0.15, 0.2) is 9.63 Å². The molecule has 1 rings (SSSR count). The van der Waals surface area contributed by atoms with Crippen molar-refractivity contribution in [1.82, 2.24) is 0 Å². The van der Waals surface area contributed by atoms with Crippen molar-refractivity contribution in [3.63, 3.8) is 0 Å². The quantitative estimate of drug-likeness (QED) is 0.448. The Morgan fingerprint density at radius 2 is 2.70 bits per heavy atom. The highest BCUT2D eigenvalue weighted by atomic mass is 32.2. The van der Waals surface area contributed by atoms with E-state index in [4.69, 9.17) is 4.74 Å². The molecule has 0 amide bonds. The summed E-state index contributed by atoms with van der Waals surface area (Å²) in [6.45, 7) is 2.19. The lowest BCUT2D eigenvalue weighted by molar-refractivity contribution is -0.143. The van der Waals surface area contributed by atoms with Crippen LogP contribution in [0.5, 0.6) is 0 Å². The molecule has 1 aliphatic rings. The second-order valence-electron chi connectivity index (χ2n) is 1.76. The molecule has 0 aromatic carbocycles. The standard InChI is InChI=1S/C5H8N2O2S/c1-2-9-5(8)4-3-10-7-6-4/h4H,2-3H2,1H3. The largest absolute Gasteiger partial charge is 0.464 e. The highest BCUT2D eigenvalue weighted by Gasteiger charge is 2.22. The molecule has 10 heavy (non-hydrogen) atoms. The molecule has 0 saturated heterocycles. The Kier molecular flexibility index (Phi) is 2.68. The highest BCUT2D eigenvalue weighted by molar-refractivity contribution is 7.98. The smallest absolute Gasteiger partial charge is 0.333 e. The summed E-state index contributed by atoms with van der Waals surface area (Å²) in [5.41, 5.74) is 0. The monoisotopic (exact) mass is 160 g/mol. The Labute approximate surface area is 63.2 Å². The first kappa shape index (κ1) is 7.53. The SMILES string of the molecule is CCOC(=O)C1CSN=N1. The fourth-order valence-corrected chi connectivity index (χ4v) is 1.17. The minimum absolute atomic E-state index is 0.267. The molecule has 0 saturated carbocycles. The fourth-order valence-electron chi connectivity index (χ4n) is 0.581. The van der Waals surface area contributed by atoms with Crippen molar-refractivity contribution in [2.75, 3.05) is 12.4 Å². The van der Waals surface area contributed by atoms with E-state index in [1.165, 1.54) is 11.9 Å². The lowest BCUT2D eigenvalue weighted by Crippen LogP contribution is -2.21. The summed E-state index contributed by atoms with van der Waals surface area (Å²) in [7, 11) is 0. The third kappa shape index (κ3) is 1.70.